The second-order valence-electron chi connectivity index (χ2n) is 4.23. The molecular formula is C12H15BrF3NO2. The van der Waals surface area contributed by atoms with Gasteiger partial charge in [0.1, 0.15) is 5.75 Å². The van der Waals surface area contributed by atoms with E-state index in [-0.39, 0.29) is 22.7 Å². The fraction of sp³-hybridized carbons (Fsp3) is 0.500. The quantitative estimate of drug-likeness (QED) is 0.835. The Kier molecular flexibility index (Phi) is 6.09. The number of benzene rings is 1. The summed E-state index contributed by atoms with van der Waals surface area (Å²) in [6.45, 7) is 3.13. The Morgan fingerprint density at radius 3 is 2.63 bits per heavy atom. The molecule has 0 fully saturated rings. The SMILES string of the molecule is CC(CO)CNCc1ccc(OC(F)(F)F)c(Br)c1. The van der Waals surface area contributed by atoms with Crippen LogP contribution in [0.25, 0.3) is 0 Å². The highest BCUT2D eigenvalue weighted by Crippen LogP contribution is 2.30. The number of halogens is 4. The van der Waals surface area contributed by atoms with Gasteiger partial charge in [-0.1, -0.05) is 13.0 Å². The van der Waals surface area contributed by atoms with E-state index >= 15 is 0 Å². The van der Waals surface area contributed by atoms with E-state index < -0.39 is 6.36 Å². The second-order valence-corrected chi connectivity index (χ2v) is 5.09. The molecule has 0 aliphatic rings. The topological polar surface area (TPSA) is 41.5 Å². The number of nitrogens with one attached hydrogen (secondary N) is 1. The van der Waals surface area contributed by atoms with Crippen LogP contribution in [0.4, 0.5) is 13.2 Å². The van der Waals surface area contributed by atoms with Crippen molar-refractivity contribution in [3.63, 3.8) is 0 Å². The molecule has 0 spiro atoms. The Bertz CT molecular complexity index is 412. The number of aliphatic hydroxyl groups is 1. The zero-order chi connectivity index (χ0) is 14.5. The molecule has 0 radical (unpaired) electrons. The van der Waals surface area contributed by atoms with Crippen molar-refractivity contribution in [2.45, 2.75) is 19.8 Å². The lowest BCUT2D eigenvalue weighted by atomic mass is 10.2. The van der Waals surface area contributed by atoms with Crippen LogP contribution in [0.3, 0.4) is 0 Å². The largest absolute Gasteiger partial charge is 0.573 e. The number of hydrogen-bond donors (Lipinski definition) is 2. The molecule has 0 aliphatic heterocycles. The number of alkyl halides is 3. The van der Waals surface area contributed by atoms with Crippen LogP contribution in [-0.2, 0) is 6.54 Å². The second kappa shape index (κ2) is 7.12. The highest BCUT2D eigenvalue weighted by atomic mass is 79.9. The van der Waals surface area contributed by atoms with E-state index in [0.717, 1.165) is 5.56 Å². The van der Waals surface area contributed by atoms with Gasteiger partial charge in [-0.3, -0.25) is 0 Å². The van der Waals surface area contributed by atoms with Crippen molar-refractivity contribution in [2.75, 3.05) is 13.2 Å². The van der Waals surface area contributed by atoms with Gasteiger partial charge >= 0.3 is 6.36 Å². The van der Waals surface area contributed by atoms with Crippen LogP contribution in [0.15, 0.2) is 22.7 Å². The normalized spacial score (nSPS) is 13.4. The number of ether oxygens (including phenoxy) is 1. The van der Waals surface area contributed by atoms with Gasteiger partial charge in [-0.15, -0.1) is 13.2 Å². The van der Waals surface area contributed by atoms with E-state index in [0.29, 0.717) is 13.1 Å². The number of rotatable bonds is 6. The summed E-state index contributed by atoms with van der Waals surface area (Å²) >= 11 is 3.04. The highest BCUT2D eigenvalue weighted by molar-refractivity contribution is 9.10. The van der Waals surface area contributed by atoms with Gasteiger partial charge in [0, 0.05) is 19.7 Å². The van der Waals surface area contributed by atoms with Gasteiger partial charge in [0.25, 0.3) is 0 Å². The zero-order valence-electron chi connectivity index (χ0n) is 10.3. The van der Waals surface area contributed by atoms with Crippen molar-refractivity contribution in [3.05, 3.63) is 28.2 Å². The summed E-state index contributed by atoms with van der Waals surface area (Å²) in [6.07, 6.45) is -4.70. The first-order valence-corrected chi connectivity index (χ1v) is 6.47. The van der Waals surface area contributed by atoms with Crippen molar-refractivity contribution in [2.24, 2.45) is 5.92 Å². The maximum Gasteiger partial charge on any atom is 0.573 e. The lowest BCUT2D eigenvalue weighted by Crippen LogP contribution is -2.22. The Hall–Kier alpha value is -0.790. The van der Waals surface area contributed by atoms with Crippen LogP contribution in [-0.4, -0.2) is 24.6 Å². The summed E-state index contributed by atoms with van der Waals surface area (Å²) in [4.78, 5) is 0. The Morgan fingerprint density at radius 1 is 1.42 bits per heavy atom. The Morgan fingerprint density at radius 2 is 2.11 bits per heavy atom. The summed E-state index contributed by atoms with van der Waals surface area (Å²) in [5, 5.41) is 12.0. The van der Waals surface area contributed by atoms with Crippen molar-refractivity contribution >= 4 is 15.9 Å². The molecule has 7 heteroatoms. The minimum atomic E-state index is -4.70. The van der Waals surface area contributed by atoms with Gasteiger partial charge < -0.3 is 15.2 Å². The molecule has 0 bridgehead atoms. The van der Waals surface area contributed by atoms with E-state index in [1.54, 1.807) is 12.1 Å². The first kappa shape index (κ1) is 16.3. The summed E-state index contributed by atoms with van der Waals surface area (Å²) in [7, 11) is 0. The monoisotopic (exact) mass is 341 g/mol. The van der Waals surface area contributed by atoms with E-state index in [9.17, 15) is 13.2 Å². The Labute approximate surface area is 117 Å². The maximum atomic E-state index is 12.1. The molecule has 0 aromatic heterocycles. The lowest BCUT2D eigenvalue weighted by Gasteiger charge is -2.13. The summed E-state index contributed by atoms with van der Waals surface area (Å²) in [6, 6.07) is 4.39. The van der Waals surface area contributed by atoms with Crippen molar-refractivity contribution < 1.29 is 23.0 Å². The van der Waals surface area contributed by atoms with Crippen molar-refractivity contribution in [3.8, 4) is 5.75 Å². The molecule has 0 saturated carbocycles. The van der Waals surface area contributed by atoms with E-state index in [1.165, 1.54) is 6.07 Å². The molecule has 0 heterocycles. The predicted octanol–water partition coefficient (Wildman–Crippen LogP) is 3.07. The standard InChI is InChI=1S/C12H15BrF3NO2/c1-8(7-18)5-17-6-9-2-3-11(10(13)4-9)19-12(14,15)16/h2-4,8,17-18H,5-7H2,1H3. The molecule has 108 valence electrons. The smallest absolute Gasteiger partial charge is 0.405 e. The van der Waals surface area contributed by atoms with E-state index in [1.807, 2.05) is 6.92 Å². The third-order valence-electron chi connectivity index (χ3n) is 2.36. The molecule has 1 atom stereocenters. The van der Waals surface area contributed by atoms with Crippen molar-refractivity contribution in [1.82, 2.24) is 5.32 Å². The van der Waals surface area contributed by atoms with Crippen LogP contribution in [0, 0.1) is 5.92 Å². The molecule has 1 unspecified atom stereocenters. The fourth-order valence-corrected chi connectivity index (χ4v) is 1.90. The van der Waals surface area contributed by atoms with Crippen LogP contribution in [0.2, 0.25) is 0 Å². The molecule has 0 aliphatic carbocycles. The minimum absolute atomic E-state index is 0.0923. The first-order valence-electron chi connectivity index (χ1n) is 5.67. The average molecular weight is 342 g/mol. The van der Waals surface area contributed by atoms with E-state index in [4.69, 9.17) is 5.11 Å². The third kappa shape index (κ3) is 6.26. The van der Waals surface area contributed by atoms with E-state index in [2.05, 4.69) is 26.0 Å². The third-order valence-corrected chi connectivity index (χ3v) is 2.98. The average Bonchev–Trinajstić information content (AvgIpc) is 2.31. The van der Waals surface area contributed by atoms with Gasteiger partial charge in [0.2, 0.25) is 0 Å². The Balaban J connectivity index is 2.57. The highest BCUT2D eigenvalue weighted by Gasteiger charge is 2.31. The molecule has 2 N–H and O–H groups in total. The molecule has 0 saturated heterocycles. The molecular weight excluding hydrogens is 327 g/mol. The molecule has 1 aromatic carbocycles. The van der Waals surface area contributed by atoms with Crippen LogP contribution >= 0.6 is 15.9 Å². The maximum absolute atomic E-state index is 12.1. The zero-order valence-corrected chi connectivity index (χ0v) is 11.9. The van der Waals surface area contributed by atoms with Crippen LogP contribution in [0.1, 0.15) is 12.5 Å². The molecule has 0 amide bonds. The van der Waals surface area contributed by atoms with Gasteiger partial charge in [0.05, 0.1) is 4.47 Å². The molecule has 3 nitrogen and oxygen atoms in total. The predicted molar refractivity (Wildman–Crippen MR) is 68.8 cm³/mol. The molecule has 1 aromatic rings. The number of hydrogen-bond acceptors (Lipinski definition) is 3. The van der Waals surface area contributed by atoms with Gasteiger partial charge in [-0.05, 0) is 39.5 Å². The number of aliphatic hydroxyl groups excluding tert-OH is 1. The summed E-state index contributed by atoms with van der Waals surface area (Å²) in [5.74, 6) is -0.128. The molecule has 19 heavy (non-hydrogen) atoms. The fourth-order valence-electron chi connectivity index (χ4n) is 1.39. The summed E-state index contributed by atoms with van der Waals surface area (Å²) < 4.78 is 40.3. The summed E-state index contributed by atoms with van der Waals surface area (Å²) in [5.41, 5.74) is 0.825. The first-order chi connectivity index (χ1) is 8.81. The van der Waals surface area contributed by atoms with Gasteiger partial charge in [-0.2, -0.15) is 0 Å². The molecule has 1 rings (SSSR count). The minimum Gasteiger partial charge on any atom is -0.405 e. The lowest BCUT2D eigenvalue weighted by molar-refractivity contribution is -0.274. The van der Waals surface area contributed by atoms with Crippen LogP contribution in [0.5, 0.6) is 5.75 Å². The van der Waals surface area contributed by atoms with Crippen LogP contribution < -0.4 is 10.1 Å². The van der Waals surface area contributed by atoms with Gasteiger partial charge in [0.15, 0.2) is 0 Å². The van der Waals surface area contributed by atoms with Gasteiger partial charge in [-0.25, -0.2) is 0 Å². The van der Waals surface area contributed by atoms with Crippen molar-refractivity contribution in [1.29, 1.82) is 0 Å².